The Morgan fingerprint density at radius 2 is 1.80 bits per heavy atom. The van der Waals surface area contributed by atoms with Gasteiger partial charge in [0, 0.05) is 4.70 Å². The Labute approximate surface area is 153 Å². The molecule has 0 fully saturated rings. The molecule has 1 aromatic heterocycles. The van der Waals surface area contributed by atoms with E-state index in [9.17, 15) is 9.59 Å². The van der Waals surface area contributed by atoms with E-state index in [2.05, 4.69) is 10.9 Å². The SMILES string of the molecule is Cc1c(C(=O)NNC(=O)COc2ccccc2Cl)sc2ccccc12. The number of halogens is 1. The average Bonchev–Trinajstić information content (AvgIpc) is 2.96. The lowest BCUT2D eigenvalue weighted by Crippen LogP contribution is -2.43. The summed E-state index contributed by atoms with van der Waals surface area (Å²) in [5.74, 6) is -0.428. The van der Waals surface area contributed by atoms with Gasteiger partial charge in [-0.1, -0.05) is 41.9 Å². The van der Waals surface area contributed by atoms with Gasteiger partial charge in [0.1, 0.15) is 5.75 Å². The van der Waals surface area contributed by atoms with Gasteiger partial charge in [-0.05, 0) is 36.1 Å². The number of rotatable bonds is 4. The summed E-state index contributed by atoms with van der Waals surface area (Å²) < 4.78 is 6.34. The number of hydrazine groups is 1. The maximum atomic E-state index is 12.3. The molecule has 0 atom stereocenters. The number of ether oxygens (including phenoxy) is 1. The Bertz CT molecular complexity index is 939. The number of carbonyl (C=O) groups is 2. The van der Waals surface area contributed by atoms with E-state index in [0.29, 0.717) is 15.6 Å². The van der Waals surface area contributed by atoms with Crippen LogP contribution in [0.5, 0.6) is 5.75 Å². The third kappa shape index (κ3) is 3.92. The fraction of sp³-hybridized carbons (Fsp3) is 0.111. The Morgan fingerprint density at radius 1 is 1.08 bits per heavy atom. The molecule has 3 aromatic rings. The fourth-order valence-electron chi connectivity index (χ4n) is 2.32. The molecule has 3 rings (SSSR count). The van der Waals surface area contributed by atoms with Crippen LogP contribution >= 0.6 is 22.9 Å². The summed E-state index contributed by atoms with van der Waals surface area (Å²) in [6.45, 7) is 1.63. The summed E-state index contributed by atoms with van der Waals surface area (Å²) in [5.41, 5.74) is 5.64. The van der Waals surface area contributed by atoms with Crippen LogP contribution in [0.2, 0.25) is 5.02 Å². The molecule has 0 aliphatic rings. The molecular formula is C18H15ClN2O3S. The lowest BCUT2D eigenvalue weighted by Gasteiger charge is -2.09. The van der Waals surface area contributed by atoms with Crippen LogP contribution in [0.15, 0.2) is 48.5 Å². The van der Waals surface area contributed by atoms with E-state index in [4.69, 9.17) is 16.3 Å². The number of aryl methyl sites for hydroxylation is 1. The molecule has 0 spiro atoms. The molecule has 0 saturated heterocycles. The van der Waals surface area contributed by atoms with E-state index in [0.717, 1.165) is 15.6 Å². The largest absolute Gasteiger partial charge is 0.482 e. The van der Waals surface area contributed by atoms with Crippen LogP contribution < -0.4 is 15.6 Å². The maximum Gasteiger partial charge on any atom is 0.280 e. The molecule has 5 nitrogen and oxygen atoms in total. The normalized spacial score (nSPS) is 10.5. The Balaban J connectivity index is 1.57. The summed E-state index contributed by atoms with van der Waals surface area (Å²) in [5, 5.41) is 1.45. The van der Waals surface area contributed by atoms with E-state index in [1.807, 2.05) is 31.2 Å². The van der Waals surface area contributed by atoms with Crippen LogP contribution in [-0.2, 0) is 4.79 Å². The molecule has 0 aliphatic heterocycles. The number of benzene rings is 2. The molecule has 0 radical (unpaired) electrons. The minimum atomic E-state index is -0.480. The first-order chi connectivity index (χ1) is 12.1. The number of fused-ring (bicyclic) bond motifs is 1. The van der Waals surface area contributed by atoms with E-state index >= 15 is 0 Å². The molecule has 2 amide bonds. The number of carbonyl (C=O) groups excluding carboxylic acids is 2. The number of hydrogen-bond acceptors (Lipinski definition) is 4. The highest BCUT2D eigenvalue weighted by molar-refractivity contribution is 7.21. The van der Waals surface area contributed by atoms with Crippen molar-refractivity contribution in [2.45, 2.75) is 6.92 Å². The zero-order chi connectivity index (χ0) is 17.8. The standard InChI is InChI=1S/C18H15ClN2O3S/c1-11-12-6-2-5-9-15(12)25-17(11)18(23)21-20-16(22)10-24-14-8-4-3-7-13(14)19/h2-9H,10H2,1H3,(H,20,22)(H,21,23). The second-order valence-electron chi connectivity index (χ2n) is 5.27. The van der Waals surface area contributed by atoms with Gasteiger partial charge < -0.3 is 4.74 Å². The van der Waals surface area contributed by atoms with Crippen molar-refractivity contribution < 1.29 is 14.3 Å². The lowest BCUT2D eigenvalue weighted by molar-refractivity contribution is -0.123. The highest BCUT2D eigenvalue weighted by atomic mass is 35.5. The molecular weight excluding hydrogens is 360 g/mol. The van der Waals surface area contributed by atoms with E-state index in [1.165, 1.54) is 11.3 Å². The predicted octanol–water partition coefficient (Wildman–Crippen LogP) is 3.70. The van der Waals surface area contributed by atoms with Gasteiger partial charge in [-0.15, -0.1) is 11.3 Å². The first-order valence-electron chi connectivity index (χ1n) is 7.51. The monoisotopic (exact) mass is 374 g/mol. The van der Waals surface area contributed by atoms with Gasteiger partial charge in [-0.2, -0.15) is 0 Å². The zero-order valence-electron chi connectivity index (χ0n) is 13.3. The molecule has 0 bridgehead atoms. The van der Waals surface area contributed by atoms with Crippen LogP contribution in [0, 0.1) is 6.92 Å². The van der Waals surface area contributed by atoms with E-state index in [-0.39, 0.29) is 12.5 Å². The number of thiophene rings is 1. The van der Waals surface area contributed by atoms with Crippen molar-refractivity contribution >= 4 is 44.8 Å². The summed E-state index contributed by atoms with van der Waals surface area (Å²) in [6.07, 6.45) is 0. The van der Waals surface area contributed by atoms with Crippen LogP contribution in [0.1, 0.15) is 15.2 Å². The van der Waals surface area contributed by atoms with Crippen molar-refractivity contribution in [2.24, 2.45) is 0 Å². The van der Waals surface area contributed by atoms with Gasteiger partial charge in [0.05, 0.1) is 9.90 Å². The molecule has 2 N–H and O–H groups in total. The van der Waals surface area contributed by atoms with Crippen molar-refractivity contribution in [1.82, 2.24) is 10.9 Å². The van der Waals surface area contributed by atoms with Crippen LogP contribution in [-0.4, -0.2) is 18.4 Å². The minimum absolute atomic E-state index is 0.255. The van der Waals surface area contributed by atoms with Gasteiger partial charge in [0.2, 0.25) is 0 Å². The van der Waals surface area contributed by atoms with Crippen LogP contribution in [0.4, 0.5) is 0 Å². The fourth-order valence-corrected chi connectivity index (χ4v) is 3.61. The van der Waals surface area contributed by atoms with Crippen molar-refractivity contribution in [3.8, 4) is 5.75 Å². The number of para-hydroxylation sites is 1. The molecule has 0 unspecified atom stereocenters. The highest BCUT2D eigenvalue weighted by Gasteiger charge is 2.16. The van der Waals surface area contributed by atoms with Gasteiger partial charge in [0.15, 0.2) is 6.61 Å². The number of nitrogens with one attached hydrogen (secondary N) is 2. The van der Waals surface area contributed by atoms with Gasteiger partial charge in [0.25, 0.3) is 11.8 Å². The number of hydrogen-bond donors (Lipinski definition) is 2. The van der Waals surface area contributed by atoms with Gasteiger partial charge in [-0.25, -0.2) is 0 Å². The average molecular weight is 375 g/mol. The van der Waals surface area contributed by atoms with Crippen molar-refractivity contribution in [3.63, 3.8) is 0 Å². The highest BCUT2D eigenvalue weighted by Crippen LogP contribution is 2.30. The topological polar surface area (TPSA) is 67.4 Å². The second-order valence-corrected chi connectivity index (χ2v) is 6.73. The van der Waals surface area contributed by atoms with E-state index < -0.39 is 5.91 Å². The summed E-state index contributed by atoms with van der Waals surface area (Å²) >= 11 is 7.33. The van der Waals surface area contributed by atoms with Gasteiger partial charge in [-0.3, -0.25) is 20.4 Å². The van der Waals surface area contributed by atoms with Crippen LogP contribution in [0.3, 0.4) is 0 Å². The molecule has 2 aromatic carbocycles. The smallest absolute Gasteiger partial charge is 0.280 e. The van der Waals surface area contributed by atoms with Crippen LogP contribution in [0.25, 0.3) is 10.1 Å². The predicted molar refractivity (Wildman–Crippen MR) is 99.1 cm³/mol. The second kappa shape index (κ2) is 7.55. The van der Waals surface area contributed by atoms with Crippen molar-refractivity contribution in [3.05, 3.63) is 64.0 Å². The minimum Gasteiger partial charge on any atom is -0.482 e. The quantitative estimate of drug-likeness (QED) is 0.684. The molecule has 128 valence electrons. The summed E-state index contributed by atoms with van der Waals surface area (Å²) in [6, 6.07) is 14.6. The van der Waals surface area contributed by atoms with Crippen molar-refractivity contribution in [2.75, 3.05) is 6.61 Å². The molecule has 25 heavy (non-hydrogen) atoms. The first kappa shape index (κ1) is 17.3. The Morgan fingerprint density at radius 3 is 2.56 bits per heavy atom. The van der Waals surface area contributed by atoms with E-state index in [1.54, 1.807) is 24.3 Å². The molecule has 7 heteroatoms. The number of amides is 2. The molecule has 0 saturated carbocycles. The molecule has 0 aliphatic carbocycles. The molecule has 1 heterocycles. The first-order valence-corrected chi connectivity index (χ1v) is 8.70. The van der Waals surface area contributed by atoms with Gasteiger partial charge >= 0.3 is 0 Å². The summed E-state index contributed by atoms with van der Waals surface area (Å²) in [4.78, 5) is 24.7. The van der Waals surface area contributed by atoms with Crippen molar-refractivity contribution in [1.29, 1.82) is 0 Å². The lowest BCUT2D eigenvalue weighted by atomic mass is 10.1. The Hall–Kier alpha value is -2.57. The zero-order valence-corrected chi connectivity index (χ0v) is 14.9. The maximum absolute atomic E-state index is 12.3. The summed E-state index contributed by atoms with van der Waals surface area (Å²) in [7, 11) is 0. The third-order valence-corrected chi connectivity index (χ3v) is 5.14. The Kier molecular flexibility index (Phi) is 5.21. The third-order valence-electron chi connectivity index (χ3n) is 3.56.